The molecule has 7 nitrogen and oxygen atoms in total. The van der Waals surface area contributed by atoms with Gasteiger partial charge in [0, 0.05) is 24.8 Å². The lowest BCUT2D eigenvalue weighted by Gasteiger charge is -2.21. The maximum Gasteiger partial charge on any atom is 0.329 e. The third-order valence-electron chi connectivity index (χ3n) is 6.90. The van der Waals surface area contributed by atoms with Gasteiger partial charge in [0.05, 0.1) is 36.6 Å². The third kappa shape index (κ3) is 3.96. The molecule has 8 heteroatoms. The summed E-state index contributed by atoms with van der Waals surface area (Å²) in [5.74, 6) is 0.611. The minimum Gasteiger partial charge on any atom is -0.494 e. The van der Waals surface area contributed by atoms with Crippen molar-refractivity contribution in [2.45, 2.75) is 45.7 Å². The number of benzene rings is 2. The molecule has 0 spiro atoms. The number of hydrogen-bond acceptors (Lipinski definition) is 5. The Labute approximate surface area is 203 Å². The van der Waals surface area contributed by atoms with Crippen molar-refractivity contribution in [2.75, 3.05) is 25.1 Å². The van der Waals surface area contributed by atoms with Crippen LogP contribution in [0.1, 0.15) is 49.0 Å². The molecule has 1 aliphatic rings. The van der Waals surface area contributed by atoms with E-state index in [4.69, 9.17) is 4.74 Å². The molecule has 1 aliphatic heterocycles. The number of hydrogen-bond donors (Lipinski definition) is 0. The fourth-order valence-electron chi connectivity index (χ4n) is 5.33. The summed E-state index contributed by atoms with van der Waals surface area (Å²) in [5.41, 5.74) is 4.79. The zero-order valence-electron chi connectivity index (χ0n) is 20.5. The van der Waals surface area contributed by atoms with Gasteiger partial charge >= 0.3 is 5.69 Å². The molecule has 0 aliphatic carbocycles. The number of halogens is 1. The highest BCUT2D eigenvalue weighted by Crippen LogP contribution is 2.34. The molecule has 2 aromatic carbocycles. The van der Waals surface area contributed by atoms with Crippen LogP contribution in [0.5, 0.6) is 5.75 Å². The van der Waals surface area contributed by atoms with Gasteiger partial charge in [0.15, 0.2) is 0 Å². The van der Waals surface area contributed by atoms with Crippen LogP contribution in [0, 0.1) is 12.7 Å². The first-order chi connectivity index (χ1) is 16.9. The van der Waals surface area contributed by atoms with Gasteiger partial charge in [-0.05, 0) is 43.0 Å². The summed E-state index contributed by atoms with van der Waals surface area (Å²) in [6, 6.07) is 10.8. The molecule has 182 valence electrons. The topological polar surface area (TPSA) is 65.2 Å². The van der Waals surface area contributed by atoms with Gasteiger partial charge in [-0.25, -0.2) is 19.2 Å². The largest absolute Gasteiger partial charge is 0.494 e. The summed E-state index contributed by atoms with van der Waals surface area (Å²) in [4.78, 5) is 24.7. The van der Waals surface area contributed by atoms with Gasteiger partial charge in [0.1, 0.15) is 23.4 Å². The summed E-state index contributed by atoms with van der Waals surface area (Å²) in [6.45, 7) is 7.67. The van der Waals surface area contributed by atoms with E-state index in [2.05, 4.69) is 23.8 Å². The van der Waals surface area contributed by atoms with E-state index in [0.717, 1.165) is 34.3 Å². The zero-order valence-corrected chi connectivity index (χ0v) is 20.5. The second kappa shape index (κ2) is 9.17. The number of aryl methyl sites for hydroxylation is 1. The Morgan fingerprint density at radius 3 is 2.74 bits per heavy atom. The molecule has 1 atom stereocenters. The van der Waals surface area contributed by atoms with Gasteiger partial charge in [-0.1, -0.05) is 32.0 Å². The average Bonchev–Trinajstić information content (AvgIpc) is 3.41. The molecule has 0 amide bonds. The number of imidazole rings is 1. The van der Waals surface area contributed by atoms with Crippen LogP contribution in [0.2, 0.25) is 0 Å². The summed E-state index contributed by atoms with van der Waals surface area (Å²) in [5, 5.41) is 0. The van der Waals surface area contributed by atoms with Gasteiger partial charge in [0.2, 0.25) is 0 Å². The van der Waals surface area contributed by atoms with Gasteiger partial charge in [0.25, 0.3) is 0 Å². The van der Waals surface area contributed by atoms with E-state index in [1.165, 1.54) is 6.07 Å². The molecule has 1 saturated heterocycles. The fourth-order valence-corrected chi connectivity index (χ4v) is 5.33. The highest BCUT2D eigenvalue weighted by Gasteiger charge is 2.31. The molecule has 0 radical (unpaired) electrons. The van der Waals surface area contributed by atoms with Crippen molar-refractivity contribution < 1.29 is 9.13 Å². The Morgan fingerprint density at radius 2 is 2.00 bits per heavy atom. The molecule has 5 rings (SSSR count). The summed E-state index contributed by atoms with van der Waals surface area (Å²) in [7, 11) is 1.62. The predicted molar refractivity (Wildman–Crippen MR) is 135 cm³/mol. The average molecular weight is 476 g/mol. The molecule has 35 heavy (non-hydrogen) atoms. The molecule has 0 unspecified atom stereocenters. The van der Waals surface area contributed by atoms with Crippen molar-refractivity contribution in [3.05, 3.63) is 82.0 Å². The van der Waals surface area contributed by atoms with Gasteiger partial charge in [-0.15, -0.1) is 0 Å². The minimum atomic E-state index is -0.229. The van der Waals surface area contributed by atoms with Crippen LogP contribution in [-0.4, -0.2) is 39.3 Å². The number of methoxy groups -OCH3 is 1. The van der Waals surface area contributed by atoms with E-state index >= 15 is 0 Å². The van der Waals surface area contributed by atoms with E-state index < -0.39 is 0 Å². The van der Waals surface area contributed by atoms with Crippen LogP contribution < -0.4 is 15.3 Å². The lowest BCUT2D eigenvalue weighted by atomic mass is 10.1. The van der Waals surface area contributed by atoms with Crippen molar-refractivity contribution in [1.29, 1.82) is 0 Å². The van der Waals surface area contributed by atoms with Crippen LogP contribution in [0.15, 0.2) is 53.7 Å². The monoisotopic (exact) mass is 475 g/mol. The number of para-hydroxylation sites is 2. The number of nitrogens with zero attached hydrogens (tertiary/aromatic N) is 5. The molecule has 2 aromatic heterocycles. The van der Waals surface area contributed by atoms with E-state index in [9.17, 15) is 9.18 Å². The first-order valence-electron chi connectivity index (χ1n) is 12.0. The van der Waals surface area contributed by atoms with Gasteiger partial charge < -0.3 is 9.64 Å². The number of ether oxygens (including phenoxy) is 1. The van der Waals surface area contributed by atoms with Gasteiger partial charge in [-0.3, -0.25) is 9.13 Å². The molecular formula is C27H30FN5O2. The maximum atomic E-state index is 14.7. The lowest BCUT2D eigenvalue weighted by Crippen LogP contribution is -2.30. The normalized spacial score (nSPS) is 15.9. The number of rotatable bonds is 6. The second-order valence-corrected chi connectivity index (χ2v) is 9.45. The minimum absolute atomic E-state index is 0.0889. The highest BCUT2D eigenvalue weighted by atomic mass is 19.1. The van der Waals surface area contributed by atoms with Crippen LogP contribution >= 0.6 is 0 Å². The molecule has 0 bridgehead atoms. The van der Waals surface area contributed by atoms with Crippen molar-refractivity contribution in [1.82, 2.24) is 19.1 Å². The van der Waals surface area contributed by atoms with Crippen molar-refractivity contribution in [2.24, 2.45) is 0 Å². The number of fused-ring (bicyclic) bond motifs is 1. The van der Waals surface area contributed by atoms with Crippen LogP contribution in [0.3, 0.4) is 0 Å². The second-order valence-electron chi connectivity index (χ2n) is 9.45. The van der Waals surface area contributed by atoms with Crippen LogP contribution in [-0.2, 0) is 6.54 Å². The van der Waals surface area contributed by atoms with Crippen molar-refractivity contribution >= 4 is 16.7 Å². The zero-order chi connectivity index (χ0) is 24.7. The SMILES string of the molecule is COc1cccc2c1n(Cc1cncnc1C(C)C)c(=O)n2[C@@H]1CCN(c2c(C)cccc2F)C1. The Bertz CT molecular complexity index is 1420. The standard InChI is InChI=1S/C27H30FN5O2/c1-17(2)24-19(13-29-16-30-24)14-32-26-22(9-6-10-23(26)35-4)33(27(32)34)20-11-12-31(15-20)25-18(3)7-5-8-21(25)28/h5-10,13,16-17,20H,11-12,14-15H2,1-4H3/t20-/m1/s1. The highest BCUT2D eigenvalue weighted by molar-refractivity contribution is 5.83. The quantitative estimate of drug-likeness (QED) is 0.405. The maximum absolute atomic E-state index is 14.7. The summed E-state index contributed by atoms with van der Waals surface area (Å²) >= 11 is 0. The van der Waals surface area contributed by atoms with E-state index in [1.54, 1.807) is 30.3 Å². The molecule has 4 aromatic rings. The number of aromatic nitrogens is 4. The smallest absolute Gasteiger partial charge is 0.329 e. The van der Waals surface area contributed by atoms with E-state index in [-0.39, 0.29) is 23.5 Å². The lowest BCUT2D eigenvalue weighted by molar-refractivity contribution is 0.417. The molecule has 0 saturated carbocycles. The van der Waals surface area contributed by atoms with Crippen LogP contribution in [0.4, 0.5) is 10.1 Å². The Hall–Kier alpha value is -3.68. The Balaban J connectivity index is 1.61. The molecule has 0 N–H and O–H groups in total. The third-order valence-corrected chi connectivity index (χ3v) is 6.90. The van der Waals surface area contributed by atoms with Crippen molar-refractivity contribution in [3.8, 4) is 5.75 Å². The molecule has 1 fully saturated rings. The van der Waals surface area contributed by atoms with Gasteiger partial charge in [-0.2, -0.15) is 0 Å². The van der Waals surface area contributed by atoms with E-state index in [1.807, 2.05) is 40.7 Å². The Morgan fingerprint density at radius 1 is 1.20 bits per heavy atom. The fraction of sp³-hybridized carbons (Fsp3) is 0.370. The van der Waals surface area contributed by atoms with Crippen LogP contribution in [0.25, 0.3) is 11.0 Å². The summed E-state index contributed by atoms with van der Waals surface area (Å²) in [6.07, 6.45) is 4.07. The van der Waals surface area contributed by atoms with Crippen molar-refractivity contribution in [3.63, 3.8) is 0 Å². The first-order valence-corrected chi connectivity index (χ1v) is 12.0. The first kappa shape index (κ1) is 23.1. The van der Waals surface area contributed by atoms with E-state index in [0.29, 0.717) is 31.1 Å². The Kier molecular flexibility index (Phi) is 6.05. The molecule has 3 heterocycles. The number of anilines is 1. The summed E-state index contributed by atoms with van der Waals surface area (Å²) < 4.78 is 24.0. The molecular weight excluding hydrogens is 445 g/mol. The predicted octanol–water partition coefficient (Wildman–Crippen LogP) is 4.67.